The number of amides is 7. The second-order valence-corrected chi connectivity index (χ2v) is 22.9. The van der Waals surface area contributed by atoms with Crippen LogP contribution in [0.2, 0.25) is 0 Å². The van der Waals surface area contributed by atoms with Crippen molar-refractivity contribution in [1.82, 2.24) is 41.7 Å². The molecule has 15 atom stereocenters. The van der Waals surface area contributed by atoms with Gasteiger partial charge in [-0.05, 0) is 84.5 Å². The molecule has 0 aliphatic carbocycles. The molecule has 89 heavy (non-hydrogen) atoms. The highest BCUT2D eigenvalue weighted by Gasteiger charge is 2.50. The lowest BCUT2D eigenvalue weighted by molar-refractivity contribution is -0.148. The minimum Gasteiger partial charge on any atom is -0.508 e. The fourth-order valence-electron chi connectivity index (χ4n) is 11.0. The van der Waals surface area contributed by atoms with E-state index >= 15 is 0 Å². The number of carbonyl (C=O) groups is 7. The number of unbranched alkanes of at least 4 members (excludes halogenated alkanes) is 2. The largest absolute Gasteiger partial charge is 0.508 e. The summed E-state index contributed by atoms with van der Waals surface area (Å²) in [6, 6.07) is 15.2. The Labute approximate surface area is 515 Å². The van der Waals surface area contributed by atoms with E-state index in [-0.39, 0.29) is 49.8 Å². The zero-order valence-electron chi connectivity index (χ0n) is 50.4. The summed E-state index contributed by atoms with van der Waals surface area (Å²) in [7, 11) is 1.47. The maximum absolute atomic E-state index is 14.8. The van der Waals surface area contributed by atoms with E-state index in [1.165, 1.54) is 50.4 Å². The van der Waals surface area contributed by atoms with Crippen molar-refractivity contribution < 1.29 is 88.6 Å². The number of aliphatic hydroxyl groups excluding tert-OH is 7. The maximum Gasteiger partial charge on any atom is 0.251 e. The van der Waals surface area contributed by atoms with Gasteiger partial charge in [0.15, 0.2) is 0 Å². The minimum atomic E-state index is -2.29. The summed E-state index contributed by atoms with van der Waals surface area (Å²) in [6.07, 6.45) is -12.4. The van der Waals surface area contributed by atoms with Crippen LogP contribution in [0, 0.1) is 5.92 Å². The molecule has 3 heterocycles. The number of aliphatic hydroxyl groups is 7. The van der Waals surface area contributed by atoms with Gasteiger partial charge in [-0.2, -0.15) is 0 Å². The lowest BCUT2D eigenvalue weighted by Crippen LogP contribution is -2.64. The molecule has 6 unspecified atom stereocenters. The second-order valence-electron chi connectivity index (χ2n) is 22.9. The summed E-state index contributed by atoms with van der Waals surface area (Å²) in [5.74, 6) is -8.24. The molecule has 4 aromatic carbocycles. The van der Waals surface area contributed by atoms with Crippen LogP contribution in [0.3, 0.4) is 0 Å². The number of phenols is 1. The van der Waals surface area contributed by atoms with E-state index in [2.05, 4.69) is 38.8 Å². The Morgan fingerprint density at radius 1 is 0.640 bits per heavy atom. The molecule has 3 fully saturated rings. The van der Waals surface area contributed by atoms with Crippen molar-refractivity contribution in [3.8, 4) is 33.8 Å². The highest BCUT2D eigenvalue weighted by molar-refractivity contribution is 6.00. The Balaban J connectivity index is 1.23. The summed E-state index contributed by atoms with van der Waals surface area (Å²) < 4.78 is 16.5. The Morgan fingerprint density at radius 3 is 1.79 bits per heavy atom. The van der Waals surface area contributed by atoms with Gasteiger partial charge in [-0.3, -0.25) is 38.9 Å². The lowest BCUT2D eigenvalue weighted by Gasteiger charge is -2.34. The average Bonchev–Trinajstić information content (AvgIpc) is 1.91. The van der Waals surface area contributed by atoms with Crippen LogP contribution in [-0.2, 0) is 38.2 Å². The minimum absolute atomic E-state index is 0.0287. The fourth-order valence-corrected chi connectivity index (χ4v) is 11.0. The number of fused-ring (bicyclic) bond motifs is 2. The van der Waals surface area contributed by atoms with Gasteiger partial charge in [-0.25, -0.2) is 0 Å². The van der Waals surface area contributed by atoms with Crippen molar-refractivity contribution >= 4 is 41.4 Å². The van der Waals surface area contributed by atoms with E-state index < -0.39 is 152 Å². The molecular formula is C63H84N8O18. The van der Waals surface area contributed by atoms with E-state index in [9.17, 15) is 74.4 Å². The average molecular weight is 1240 g/mol. The number of rotatable bonds is 21. The van der Waals surface area contributed by atoms with Crippen LogP contribution in [-0.4, -0.2) is 224 Å². The number of phenolic OH excluding ortho intramolecular Hbond substituents is 1. The van der Waals surface area contributed by atoms with Crippen molar-refractivity contribution in [1.29, 1.82) is 0 Å². The number of carbonyl (C=O) groups excluding carboxylic acids is 7. The SMILES string of the molecule is CCCCCOc1ccc(-c2ccc(-c3ccc(C(=O)N[C@H]4C[C@@H](O)C(NCCOCCOC)NC(=O)C5[C@@H](O)[C@@H](C)CN5C(=O)C([C@@H](C)O)NC(=O)C([C@H](O)[C@@H](O)c5ccc(O)cc5)NC(=O)C5C[C@@H](O)CN5C(=O)C([C@@H](C)O)NC4=O)cc3)cc2)cc1. The number of benzene rings is 4. The monoisotopic (exact) mass is 1240 g/mol. The molecule has 3 saturated heterocycles. The quantitative estimate of drug-likeness (QED) is 0.0460. The Hall–Kier alpha value is -7.63. The van der Waals surface area contributed by atoms with Crippen LogP contribution >= 0.6 is 0 Å². The number of ether oxygens (including phenoxy) is 3. The number of methoxy groups -OCH3 is 1. The molecule has 7 rings (SSSR count). The third kappa shape index (κ3) is 17.8. The van der Waals surface area contributed by atoms with Gasteiger partial charge in [-0.15, -0.1) is 0 Å². The first-order valence-corrected chi connectivity index (χ1v) is 29.9. The summed E-state index contributed by atoms with van der Waals surface area (Å²) in [6.45, 7) is 5.90. The van der Waals surface area contributed by atoms with Crippen LogP contribution in [0.1, 0.15) is 81.8 Å². The van der Waals surface area contributed by atoms with Crippen molar-refractivity contribution in [3.05, 3.63) is 108 Å². The smallest absolute Gasteiger partial charge is 0.251 e. The first-order valence-electron chi connectivity index (χ1n) is 29.9. The van der Waals surface area contributed by atoms with Crippen molar-refractivity contribution in [3.63, 3.8) is 0 Å². The lowest BCUT2D eigenvalue weighted by atomic mass is 9.96. The van der Waals surface area contributed by atoms with Gasteiger partial charge < -0.3 is 91.4 Å². The van der Waals surface area contributed by atoms with E-state index in [0.29, 0.717) is 6.61 Å². The maximum atomic E-state index is 14.8. The number of hydrogen-bond donors (Lipinski definition) is 14. The molecule has 3 aliphatic heterocycles. The van der Waals surface area contributed by atoms with Gasteiger partial charge in [0.1, 0.15) is 66.1 Å². The highest BCUT2D eigenvalue weighted by atomic mass is 16.5. The zero-order valence-corrected chi connectivity index (χ0v) is 50.4. The molecule has 26 heteroatoms. The van der Waals surface area contributed by atoms with Gasteiger partial charge in [0, 0.05) is 51.1 Å². The second kappa shape index (κ2) is 32.2. The van der Waals surface area contributed by atoms with E-state index in [0.717, 1.165) is 70.9 Å². The van der Waals surface area contributed by atoms with Crippen LogP contribution in [0.15, 0.2) is 97.1 Å². The molecule has 26 nitrogen and oxygen atoms in total. The fraction of sp³-hybridized carbons (Fsp3) is 0.508. The van der Waals surface area contributed by atoms with Crippen LogP contribution in [0.25, 0.3) is 22.3 Å². The van der Waals surface area contributed by atoms with E-state index in [4.69, 9.17) is 14.2 Å². The van der Waals surface area contributed by atoms with Gasteiger partial charge in [-0.1, -0.05) is 87.4 Å². The molecule has 7 amide bonds. The third-order valence-corrected chi connectivity index (χ3v) is 16.1. The molecule has 4 aromatic rings. The first kappa shape index (κ1) is 68.9. The highest BCUT2D eigenvalue weighted by Crippen LogP contribution is 2.30. The molecular weight excluding hydrogens is 1160 g/mol. The molecule has 484 valence electrons. The Morgan fingerprint density at radius 2 is 1.20 bits per heavy atom. The van der Waals surface area contributed by atoms with Crippen molar-refractivity contribution in [2.75, 3.05) is 53.2 Å². The van der Waals surface area contributed by atoms with Crippen molar-refractivity contribution in [2.24, 2.45) is 5.92 Å². The molecule has 0 aromatic heterocycles. The number of aromatic hydroxyl groups is 1. The molecule has 0 saturated carbocycles. The molecule has 3 aliphatic rings. The summed E-state index contributed by atoms with van der Waals surface area (Å²) in [5.41, 5.74) is 3.46. The third-order valence-electron chi connectivity index (χ3n) is 16.1. The number of hydrogen-bond acceptors (Lipinski definition) is 19. The van der Waals surface area contributed by atoms with Crippen LogP contribution in [0.5, 0.6) is 11.5 Å². The normalized spacial score (nSPS) is 26.3. The van der Waals surface area contributed by atoms with Gasteiger partial charge >= 0.3 is 0 Å². The first-order chi connectivity index (χ1) is 42.5. The molecule has 14 N–H and O–H groups in total. The summed E-state index contributed by atoms with van der Waals surface area (Å²) in [5, 5.41) is 106. The van der Waals surface area contributed by atoms with Gasteiger partial charge in [0.25, 0.3) is 5.91 Å². The van der Waals surface area contributed by atoms with Gasteiger partial charge in [0.2, 0.25) is 35.4 Å². The molecule has 0 bridgehead atoms. The Bertz CT molecular complexity index is 3010. The Kier molecular flexibility index (Phi) is 24.9. The summed E-state index contributed by atoms with van der Waals surface area (Å²) >= 11 is 0. The van der Waals surface area contributed by atoms with Crippen molar-refractivity contribution in [2.45, 2.75) is 145 Å². The topological polar surface area (TPSA) is 388 Å². The van der Waals surface area contributed by atoms with Crippen LogP contribution in [0.4, 0.5) is 0 Å². The zero-order chi connectivity index (χ0) is 64.6. The van der Waals surface area contributed by atoms with Gasteiger partial charge in [0.05, 0.1) is 56.9 Å². The van der Waals surface area contributed by atoms with Crippen LogP contribution < -0.4 is 36.6 Å². The predicted molar refractivity (Wildman–Crippen MR) is 322 cm³/mol. The molecule has 0 radical (unpaired) electrons. The van der Waals surface area contributed by atoms with E-state index in [1.54, 1.807) is 12.1 Å². The standard InChI is InChI=1S/C63H84N8O18/c1-6-7-8-26-89-45-23-19-40(20-24-45)38-11-9-37(10-12-38)39-13-15-42(16-14-39)57(80)65-46-31-48(76)56(64-25-27-88-29-28-87-5)69-61(84)52-53(77)34(2)32-71(52)63(86)50(36(4)73)67-60(83)51(55(79)54(78)41-17-21-43(74)22-18-41)68-59(82)47-30-44(75)33-70(47)62(85)49(35(3)72)66-58(46)81/h9-24,34-36,44,46-56,64,72-79H,6-8,25-33H2,1-5H3,(H,65,80)(H,66,81)(H,67,83)(H,68,82)(H,69,84)/t34-,35+,36+,44+,46-,47?,48+,49?,50?,51?,52?,53-,54-,55-,56?/m0/s1. The number of nitrogens with zero attached hydrogens (tertiary/aromatic N) is 2. The molecule has 0 spiro atoms. The summed E-state index contributed by atoms with van der Waals surface area (Å²) in [4.78, 5) is 104. The van der Waals surface area contributed by atoms with E-state index in [1.807, 2.05) is 48.5 Å². The number of nitrogens with one attached hydrogen (secondary N) is 6. The predicted octanol–water partition coefficient (Wildman–Crippen LogP) is -0.667.